The van der Waals surface area contributed by atoms with Crippen molar-refractivity contribution >= 4 is 6.16 Å². The molecule has 0 aromatic rings. The topological polar surface area (TPSA) is 76.0 Å². The fourth-order valence-electron chi connectivity index (χ4n) is 1.30. The Kier molecular flexibility index (Phi) is 11.1. The van der Waals surface area contributed by atoms with Crippen molar-refractivity contribution in [3.63, 3.8) is 0 Å². The van der Waals surface area contributed by atoms with Crippen LogP contribution < -0.4 is 0 Å². The molecule has 0 aromatic heterocycles. The molecule has 5 nitrogen and oxygen atoms in total. The number of hydrogen-bond donors (Lipinski definition) is 2. The fourth-order valence-corrected chi connectivity index (χ4v) is 1.30. The molecule has 0 aliphatic rings. The summed E-state index contributed by atoms with van der Waals surface area (Å²) in [6, 6.07) is 0. The highest BCUT2D eigenvalue weighted by atomic mass is 16.7. The Balaban J connectivity index is 3.22. The summed E-state index contributed by atoms with van der Waals surface area (Å²) in [5.41, 5.74) is 0. The molecule has 1 unspecified atom stereocenters. The second kappa shape index (κ2) is 11.7. The Morgan fingerprint density at radius 2 is 1.76 bits per heavy atom. The first-order chi connectivity index (χ1) is 8.20. The Hall–Kier alpha value is -0.810. The highest BCUT2D eigenvalue weighted by Crippen LogP contribution is 2.05. The van der Waals surface area contributed by atoms with Crippen LogP contribution in [0.1, 0.15) is 45.4 Å². The van der Waals surface area contributed by atoms with Gasteiger partial charge in [0.05, 0.1) is 13.2 Å². The monoisotopic (exact) mass is 248 g/mol. The third-order valence-corrected chi connectivity index (χ3v) is 2.32. The van der Waals surface area contributed by atoms with E-state index >= 15 is 0 Å². The predicted molar refractivity (Wildman–Crippen MR) is 63.8 cm³/mol. The van der Waals surface area contributed by atoms with E-state index in [9.17, 15) is 4.79 Å². The average Bonchev–Trinajstić information content (AvgIpc) is 2.34. The van der Waals surface area contributed by atoms with Crippen molar-refractivity contribution in [3.8, 4) is 0 Å². The minimum absolute atomic E-state index is 0.230. The molecule has 0 aliphatic carbocycles. The van der Waals surface area contributed by atoms with Crippen LogP contribution in [-0.2, 0) is 9.47 Å². The van der Waals surface area contributed by atoms with Gasteiger partial charge in [-0.25, -0.2) is 4.79 Å². The molecule has 17 heavy (non-hydrogen) atoms. The second-order valence-corrected chi connectivity index (χ2v) is 4.01. The van der Waals surface area contributed by atoms with Crippen molar-refractivity contribution in [1.82, 2.24) is 0 Å². The Morgan fingerprint density at radius 3 is 2.41 bits per heavy atom. The van der Waals surface area contributed by atoms with E-state index in [-0.39, 0.29) is 6.61 Å². The summed E-state index contributed by atoms with van der Waals surface area (Å²) >= 11 is 0. The third-order valence-electron chi connectivity index (χ3n) is 2.32. The summed E-state index contributed by atoms with van der Waals surface area (Å²) in [5.74, 6) is 0. The van der Waals surface area contributed by atoms with Crippen LogP contribution in [0.25, 0.3) is 0 Å². The van der Waals surface area contributed by atoms with E-state index in [0.29, 0.717) is 6.61 Å². The summed E-state index contributed by atoms with van der Waals surface area (Å²) in [4.78, 5) is 11.0. The zero-order valence-corrected chi connectivity index (χ0v) is 10.6. The van der Waals surface area contributed by atoms with E-state index in [1.807, 2.05) is 0 Å². The van der Waals surface area contributed by atoms with Crippen molar-refractivity contribution in [2.75, 3.05) is 19.8 Å². The van der Waals surface area contributed by atoms with Crippen LogP contribution in [0.4, 0.5) is 4.79 Å². The number of aliphatic hydroxyl groups excluding tert-OH is 2. The standard InChI is InChI=1S/C12H24O5/c1-2-3-4-5-6-7-8-16-12(15)17-10-11(14)9-13/h11,13-14H,2-10H2,1H3. The summed E-state index contributed by atoms with van der Waals surface area (Å²) in [6.45, 7) is 1.86. The van der Waals surface area contributed by atoms with Gasteiger partial charge in [0.1, 0.15) is 12.7 Å². The summed E-state index contributed by atoms with van der Waals surface area (Å²) in [7, 11) is 0. The van der Waals surface area contributed by atoms with Crippen molar-refractivity contribution in [1.29, 1.82) is 0 Å². The van der Waals surface area contributed by atoms with Crippen LogP contribution in [0.2, 0.25) is 0 Å². The smallest absolute Gasteiger partial charge is 0.434 e. The molecule has 0 fully saturated rings. The van der Waals surface area contributed by atoms with Gasteiger partial charge in [0.15, 0.2) is 0 Å². The van der Waals surface area contributed by atoms with Crippen LogP contribution in [0, 0.1) is 0 Å². The average molecular weight is 248 g/mol. The van der Waals surface area contributed by atoms with Crippen molar-refractivity contribution in [2.45, 2.75) is 51.6 Å². The molecule has 0 aliphatic heterocycles. The highest BCUT2D eigenvalue weighted by molar-refractivity contribution is 5.59. The van der Waals surface area contributed by atoms with Gasteiger partial charge in [0, 0.05) is 0 Å². The van der Waals surface area contributed by atoms with Gasteiger partial charge in [-0.2, -0.15) is 0 Å². The SMILES string of the molecule is CCCCCCCCOC(=O)OCC(O)CO. The first kappa shape index (κ1) is 16.2. The van der Waals surface area contributed by atoms with Crippen LogP contribution in [-0.4, -0.2) is 42.3 Å². The van der Waals surface area contributed by atoms with Gasteiger partial charge in [-0.3, -0.25) is 0 Å². The van der Waals surface area contributed by atoms with Crippen LogP contribution in [0.3, 0.4) is 0 Å². The van der Waals surface area contributed by atoms with E-state index in [4.69, 9.17) is 14.9 Å². The number of carbonyl (C=O) groups is 1. The predicted octanol–water partition coefficient (Wildman–Crippen LogP) is 1.85. The third kappa shape index (κ3) is 11.5. The number of ether oxygens (including phenoxy) is 2. The zero-order chi connectivity index (χ0) is 12.9. The normalized spacial score (nSPS) is 12.2. The second-order valence-electron chi connectivity index (χ2n) is 4.01. The first-order valence-corrected chi connectivity index (χ1v) is 6.29. The maximum atomic E-state index is 11.0. The molecule has 0 heterocycles. The van der Waals surface area contributed by atoms with Gasteiger partial charge in [0.25, 0.3) is 0 Å². The number of carbonyl (C=O) groups excluding carboxylic acids is 1. The van der Waals surface area contributed by atoms with Gasteiger partial charge in [0.2, 0.25) is 0 Å². The maximum Gasteiger partial charge on any atom is 0.508 e. The van der Waals surface area contributed by atoms with Gasteiger partial charge in [-0.1, -0.05) is 39.0 Å². The number of aliphatic hydroxyl groups is 2. The molecule has 0 rings (SSSR count). The Bertz CT molecular complexity index is 184. The summed E-state index contributed by atoms with van der Waals surface area (Å²) < 4.78 is 9.36. The summed E-state index contributed by atoms with van der Waals surface area (Å²) in [5, 5.41) is 17.4. The lowest BCUT2D eigenvalue weighted by atomic mass is 10.1. The maximum absolute atomic E-state index is 11.0. The minimum Gasteiger partial charge on any atom is -0.434 e. The molecular formula is C12H24O5. The summed E-state index contributed by atoms with van der Waals surface area (Å²) in [6.07, 6.45) is 4.92. The van der Waals surface area contributed by atoms with Crippen molar-refractivity contribution < 1.29 is 24.5 Å². The molecule has 0 spiro atoms. The first-order valence-electron chi connectivity index (χ1n) is 6.29. The molecule has 102 valence electrons. The van der Waals surface area contributed by atoms with Crippen LogP contribution >= 0.6 is 0 Å². The molecule has 0 bridgehead atoms. The molecule has 0 saturated carbocycles. The minimum atomic E-state index is -1.03. The lowest BCUT2D eigenvalue weighted by Gasteiger charge is -2.08. The van der Waals surface area contributed by atoms with Crippen LogP contribution in [0.15, 0.2) is 0 Å². The van der Waals surface area contributed by atoms with Gasteiger partial charge in [-0.15, -0.1) is 0 Å². The van der Waals surface area contributed by atoms with Crippen molar-refractivity contribution in [2.24, 2.45) is 0 Å². The van der Waals surface area contributed by atoms with Gasteiger partial charge in [-0.05, 0) is 6.42 Å². The van der Waals surface area contributed by atoms with E-state index in [0.717, 1.165) is 19.3 Å². The number of hydrogen-bond acceptors (Lipinski definition) is 5. The Morgan fingerprint density at radius 1 is 1.12 bits per heavy atom. The quantitative estimate of drug-likeness (QED) is 0.456. The molecule has 0 aromatic carbocycles. The van der Waals surface area contributed by atoms with E-state index < -0.39 is 18.9 Å². The van der Waals surface area contributed by atoms with Gasteiger partial charge >= 0.3 is 6.16 Å². The van der Waals surface area contributed by atoms with E-state index in [1.54, 1.807) is 0 Å². The molecule has 0 radical (unpaired) electrons. The van der Waals surface area contributed by atoms with Crippen molar-refractivity contribution in [3.05, 3.63) is 0 Å². The molecule has 0 amide bonds. The fraction of sp³-hybridized carbons (Fsp3) is 0.917. The lowest BCUT2D eigenvalue weighted by molar-refractivity contribution is 0.000383. The van der Waals surface area contributed by atoms with E-state index in [2.05, 4.69) is 11.7 Å². The Labute approximate surface area is 103 Å². The largest absolute Gasteiger partial charge is 0.508 e. The zero-order valence-electron chi connectivity index (χ0n) is 10.6. The number of rotatable bonds is 10. The van der Waals surface area contributed by atoms with Gasteiger partial charge < -0.3 is 19.7 Å². The molecule has 1 atom stereocenters. The molecular weight excluding hydrogens is 224 g/mol. The molecule has 5 heteroatoms. The van der Waals surface area contributed by atoms with Crippen LogP contribution in [0.5, 0.6) is 0 Å². The molecule has 2 N–H and O–H groups in total. The highest BCUT2D eigenvalue weighted by Gasteiger charge is 2.08. The molecule has 0 saturated heterocycles. The number of unbranched alkanes of at least 4 members (excludes halogenated alkanes) is 5. The van der Waals surface area contributed by atoms with E-state index in [1.165, 1.54) is 19.3 Å². The lowest BCUT2D eigenvalue weighted by Crippen LogP contribution is -2.22.